The van der Waals surface area contributed by atoms with Crippen LogP contribution < -0.4 is 5.32 Å². The van der Waals surface area contributed by atoms with Gasteiger partial charge in [0.1, 0.15) is 0 Å². The van der Waals surface area contributed by atoms with Crippen LogP contribution in [0.15, 0.2) is 0 Å². The predicted molar refractivity (Wildman–Crippen MR) is 85.1 cm³/mol. The highest BCUT2D eigenvalue weighted by atomic mass is 16.5. The van der Waals surface area contributed by atoms with Gasteiger partial charge in [-0.2, -0.15) is 0 Å². The molecule has 1 saturated carbocycles. The van der Waals surface area contributed by atoms with E-state index in [2.05, 4.69) is 31.0 Å². The number of nitrogens with one attached hydrogen (secondary N) is 1. The first-order valence-electron chi connectivity index (χ1n) is 8.71. The highest BCUT2D eigenvalue weighted by Crippen LogP contribution is 2.30. The molecule has 1 heterocycles. The second kappa shape index (κ2) is 7.77. The summed E-state index contributed by atoms with van der Waals surface area (Å²) in [5, 5.41) is 3.76. The third-order valence-corrected chi connectivity index (χ3v) is 5.67. The maximum absolute atomic E-state index is 5.65. The lowest BCUT2D eigenvalue weighted by molar-refractivity contribution is -0.0124. The Bertz CT molecular complexity index is 284. The molecule has 5 atom stereocenters. The monoisotopic (exact) mass is 282 g/mol. The highest BCUT2D eigenvalue weighted by molar-refractivity contribution is 4.93. The van der Waals surface area contributed by atoms with Crippen LogP contribution in [0.5, 0.6) is 0 Å². The van der Waals surface area contributed by atoms with Crippen LogP contribution in [0.4, 0.5) is 0 Å². The maximum atomic E-state index is 5.65. The maximum Gasteiger partial charge on any atom is 0.0586 e. The lowest BCUT2D eigenvalue weighted by atomic mass is 9.86. The Balaban J connectivity index is 2.05. The molecule has 1 N–H and O–H groups in total. The molecule has 118 valence electrons. The van der Waals surface area contributed by atoms with Crippen molar-refractivity contribution in [2.24, 2.45) is 5.92 Å². The molecule has 5 unspecified atom stereocenters. The van der Waals surface area contributed by atoms with Gasteiger partial charge in [0.25, 0.3) is 0 Å². The molecule has 3 heteroatoms. The third kappa shape index (κ3) is 3.75. The van der Waals surface area contributed by atoms with E-state index in [0.717, 1.165) is 12.0 Å². The summed E-state index contributed by atoms with van der Waals surface area (Å²) >= 11 is 0. The van der Waals surface area contributed by atoms with E-state index in [1.165, 1.54) is 51.6 Å². The van der Waals surface area contributed by atoms with Crippen molar-refractivity contribution in [2.45, 2.75) is 83.5 Å². The smallest absolute Gasteiger partial charge is 0.0586 e. The van der Waals surface area contributed by atoms with Crippen molar-refractivity contribution in [3.05, 3.63) is 0 Å². The Hall–Kier alpha value is -0.120. The highest BCUT2D eigenvalue weighted by Gasteiger charge is 2.36. The summed E-state index contributed by atoms with van der Waals surface area (Å²) in [7, 11) is 1.88. The molecule has 0 bridgehead atoms. The quantitative estimate of drug-likeness (QED) is 0.839. The summed E-state index contributed by atoms with van der Waals surface area (Å²) in [5.41, 5.74) is 0. The molecule has 2 rings (SSSR count). The van der Waals surface area contributed by atoms with Crippen LogP contribution in [0.3, 0.4) is 0 Å². The number of nitrogens with zero attached hydrogens (tertiary/aromatic N) is 1. The summed E-state index contributed by atoms with van der Waals surface area (Å²) in [6.45, 7) is 9.45. The molecule has 2 aliphatic rings. The van der Waals surface area contributed by atoms with Crippen LogP contribution in [-0.2, 0) is 4.74 Å². The second-order valence-electron chi connectivity index (χ2n) is 6.84. The number of piperazine rings is 1. The number of rotatable bonds is 5. The number of methoxy groups -OCH3 is 1. The van der Waals surface area contributed by atoms with E-state index >= 15 is 0 Å². The Labute approximate surface area is 125 Å². The van der Waals surface area contributed by atoms with Crippen molar-refractivity contribution in [2.75, 3.05) is 20.2 Å². The van der Waals surface area contributed by atoms with E-state index in [4.69, 9.17) is 4.74 Å². The van der Waals surface area contributed by atoms with Crippen LogP contribution in [0.25, 0.3) is 0 Å². The molecular weight excluding hydrogens is 248 g/mol. The van der Waals surface area contributed by atoms with Crippen molar-refractivity contribution in [1.29, 1.82) is 0 Å². The average Bonchev–Trinajstić information content (AvgIpc) is 2.53. The van der Waals surface area contributed by atoms with Gasteiger partial charge in [0.15, 0.2) is 0 Å². The van der Waals surface area contributed by atoms with Gasteiger partial charge in [-0.05, 0) is 38.0 Å². The molecule has 1 saturated heterocycles. The zero-order chi connectivity index (χ0) is 14.5. The zero-order valence-electron chi connectivity index (χ0n) is 13.9. The fourth-order valence-electron chi connectivity index (χ4n) is 3.99. The molecular formula is C17H34N2O. The molecule has 0 aromatic heterocycles. The van der Waals surface area contributed by atoms with Gasteiger partial charge in [0.2, 0.25) is 0 Å². The summed E-state index contributed by atoms with van der Waals surface area (Å²) in [6, 6.07) is 2.13. The van der Waals surface area contributed by atoms with Gasteiger partial charge in [-0.15, -0.1) is 0 Å². The molecule has 0 aromatic carbocycles. The fraction of sp³-hybridized carbons (Fsp3) is 1.00. The van der Waals surface area contributed by atoms with Gasteiger partial charge in [-0.3, -0.25) is 4.90 Å². The van der Waals surface area contributed by atoms with Crippen LogP contribution in [0.2, 0.25) is 0 Å². The van der Waals surface area contributed by atoms with E-state index in [1.54, 1.807) is 0 Å². The van der Waals surface area contributed by atoms with Crippen LogP contribution in [-0.4, -0.2) is 49.3 Å². The van der Waals surface area contributed by atoms with E-state index in [-0.39, 0.29) is 0 Å². The second-order valence-corrected chi connectivity index (χ2v) is 6.84. The first kappa shape index (κ1) is 16.3. The van der Waals surface area contributed by atoms with Crippen molar-refractivity contribution in [3.8, 4) is 0 Å². The zero-order valence-corrected chi connectivity index (χ0v) is 13.9. The molecule has 2 fully saturated rings. The van der Waals surface area contributed by atoms with Crippen molar-refractivity contribution >= 4 is 0 Å². The number of hydrogen-bond donors (Lipinski definition) is 1. The largest absolute Gasteiger partial charge is 0.381 e. The van der Waals surface area contributed by atoms with Crippen LogP contribution in [0, 0.1) is 5.92 Å². The van der Waals surface area contributed by atoms with Gasteiger partial charge in [-0.25, -0.2) is 0 Å². The van der Waals surface area contributed by atoms with Crippen LogP contribution in [0.1, 0.15) is 59.3 Å². The van der Waals surface area contributed by atoms with E-state index in [1.807, 2.05) is 7.11 Å². The molecule has 1 aliphatic heterocycles. The van der Waals surface area contributed by atoms with E-state index in [0.29, 0.717) is 18.2 Å². The lowest BCUT2D eigenvalue weighted by Gasteiger charge is -2.48. The Kier molecular flexibility index (Phi) is 6.31. The normalized spacial score (nSPS) is 37.8. The van der Waals surface area contributed by atoms with Crippen molar-refractivity contribution < 1.29 is 4.74 Å². The first-order valence-corrected chi connectivity index (χ1v) is 8.71. The van der Waals surface area contributed by atoms with Gasteiger partial charge >= 0.3 is 0 Å². The van der Waals surface area contributed by atoms with E-state index < -0.39 is 0 Å². The molecule has 3 nitrogen and oxygen atoms in total. The summed E-state index contributed by atoms with van der Waals surface area (Å²) in [6.07, 6.45) is 8.19. The van der Waals surface area contributed by atoms with Gasteiger partial charge in [0.05, 0.1) is 6.10 Å². The van der Waals surface area contributed by atoms with Crippen LogP contribution >= 0.6 is 0 Å². The third-order valence-electron chi connectivity index (χ3n) is 5.67. The molecule has 20 heavy (non-hydrogen) atoms. The Morgan fingerprint density at radius 1 is 1.30 bits per heavy atom. The Morgan fingerprint density at radius 2 is 2.10 bits per heavy atom. The van der Waals surface area contributed by atoms with Crippen molar-refractivity contribution in [1.82, 2.24) is 10.2 Å². The van der Waals surface area contributed by atoms with Gasteiger partial charge in [0, 0.05) is 38.3 Å². The number of hydrogen-bond acceptors (Lipinski definition) is 3. The molecule has 0 spiro atoms. The minimum Gasteiger partial charge on any atom is -0.381 e. The number of ether oxygens (including phenoxy) is 1. The lowest BCUT2D eigenvalue weighted by Crippen LogP contribution is -2.62. The molecule has 0 amide bonds. The Morgan fingerprint density at radius 3 is 2.75 bits per heavy atom. The minimum atomic E-state index is 0.487. The predicted octanol–water partition coefficient (Wildman–Crippen LogP) is 3.04. The molecule has 0 aromatic rings. The molecule has 1 aliphatic carbocycles. The summed E-state index contributed by atoms with van der Waals surface area (Å²) in [5.74, 6) is 0.781. The average molecular weight is 282 g/mol. The van der Waals surface area contributed by atoms with Gasteiger partial charge in [-0.1, -0.05) is 27.2 Å². The van der Waals surface area contributed by atoms with E-state index in [9.17, 15) is 0 Å². The fourth-order valence-corrected chi connectivity index (χ4v) is 3.99. The topological polar surface area (TPSA) is 24.5 Å². The summed E-state index contributed by atoms with van der Waals surface area (Å²) < 4.78 is 5.65. The molecule has 0 radical (unpaired) electrons. The minimum absolute atomic E-state index is 0.487. The first-order chi connectivity index (χ1) is 9.69. The summed E-state index contributed by atoms with van der Waals surface area (Å²) in [4.78, 5) is 2.84. The SMILES string of the molecule is CCC1CN(C2CCCC(OC)C2)C(C(C)CC)CN1. The standard InChI is InChI=1S/C17H34N2O/c1-5-13(3)17-11-18-14(6-2)12-19(17)15-8-7-9-16(10-15)20-4/h13-18H,5-12H2,1-4H3. The van der Waals surface area contributed by atoms with Crippen molar-refractivity contribution in [3.63, 3.8) is 0 Å². The van der Waals surface area contributed by atoms with Gasteiger partial charge < -0.3 is 10.1 Å².